The largest absolute Gasteiger partial charge is 0.378 e. The van der Waals surface area contributed by atoms with Crippen LogP contribution in [-0.2, 0) is 4.79 Å². The molecule has 3 nitrogen and oxygen atoms in total. The van der Waals surface area contributed by atoms with Gasteiger partial charge in [-0.1, -0.05) is 35.3 Å². The Morgan fingerprint density at radius 3 is 2.48 bits per heavy atom. The van der Waals surface area contributed by atoms with Gasteiger partial charge in [0.2, 0.25) is 5.91 Å². The molecule has 0 aromatic heterocycles. The van der Waals surface area contributed by atoms with E-state index in [4.69, 9.17) is 23.2 Å². The first kappa shape index (κ1) is 15.7. The van der Waals surface area contributed by atoms with Gasteiger partial charge in [-0.05, 0) is 42.8 Å². The number of carbonyl (C=O) groups is 1. The van der Waals surface area contributed by atoms with Gasteiger partial charge in [0.25, 0.3) is 0 Å². The maximum Gasteiger partial charge on any atom is 0.221 e. The summed E-state index contributed by atoms with van der Waals surface area (Å²) < 4.78 is 0. The third kappa shape index (κ3) is 4.38. The summed E-state index contributed by atoms with van der Waals surface area (Å²) in [5, 5.41) is 7.35. The van der Waals surface area contributed by atoms with Crippen LogP contribution in [0.4, 0.5) is 11.4 Å². The van der Waals surface area contributed by atoms with Crippen molar-refractivity contribution in [3.8, 4) is 0 Å². The average molecular weight is 323 g/mol. The Morgan fingerprint density at radius 2 is 1.81 bits per heavy atom. The van der Waals surface area contributed by atoms with Gasteiger partial charge in [-0.15, -0.1) is 0 Å². The highest BCUT2D eigenvalue weighted by Gasteiger charge is 2.10. The summed E-state index contributed by atoms with van der Waals surface area (Å²) in [6, 6.07) is 13.0. The number of carbonyl (C=O) groups excluding carboxylic acids is 1. The van der Waals surface area contributed by atoms with Crippen molar-refractivity contribution in [2.24, 2.45) is 0 Å². The molecule has 0 heterocycles. The van der Waals surface area contributed by atoms with Crippen LogP contribution in [0.15, 0.2) is 42.5 Å². The lowest BCUT2D eigenvalue weighted by molar-refractivity contribution is -0.114. The van der Waals surface area contributed by atoms with Crippen molar-refractivity contribution < 1.29 is 4.79 Å². The molecule has 0 aliphatic rings. The summed E-state index contributed by atoms with van der Waals surface area (Å²) in [5.41, 5.74) is 2.62. The molecule has 21 heavy (non-hydrogen) atoms. The van der Waals surface area contributed by atoms with Gasteiger partial charge in [0.15, 0.2) is 0 Å². The average Bonchev–Trinajstić information content (AvgIpc) is 2.37. The lowest BCUT2D eigenvalue weighted by Gasteiger charge is -2.18. The highest BCUT2D eigenvalue weighted by atomic mass is 35.5. The summed E-state index contributed by atoms with van der Waals surface area (Å²) in [6.45, 7) is 3.50. The Bertz CT molecular complexity index is 658. The van der Waals surface area contributed by atoms with Crippen LogP contribution in [0.1, 0.15) is 25.5 Å². The Morgan fingerprint density at radius 1 is 1.10 bits per heavy atom. The number of nitrogens with one attached hydrogen (secondary N) is 2. The van der Waals surface area contributed by atoms with Gasteiger partial charge in [-0.3, -0.25) is 4.79 Å². The highest BCUT2D eigenvalue weighted by molar-refractivity contribution is 6.35. The van der Waals surface area contributed by atoms with Crippen molar-refractivity contribution in [3.05, 3.63) is 58.1 Å². The number of benzene rings is 2. The number of hydrogen-bond donors (Lipinski definition) is 2. The fraction of sp³-hybridized carbons (Fsp3) is 0.188. The molecule has 0 aliphatic heterocycles. The van der Waals surface area contributed by atoms with Gasteiger partial charge in [0, 0.05) is 34.4 Å². The maximum atomic E-state index is 11.1. The Balaban J connectivity index is 2.15. The molecule has 110 valence electrons. The van der Waals surface area contributed by atoms with E-state index in [2.05, 4.69) is 10.6 Å². The van der Waals surface area contributed by atoms with E-state index in [0.717, 1.165) is 16.9 Å². The molecule has 2 rings (SSSR count). The first-order valence-corrected chi connectivity index (χ1v) is 7.30. The third-order valence-electron chi connectivity index (χ3n) is 3.00. The van der Waals surface area contributed by atoms with Crippen LogP contribution < -0.4 is 10.6 Å². The van der Waals surface area contributed by atoms with Crippen LogP contribution in [0.25, 0.3) is 0 Å². The molecule has 2 aromatic rings. The molecule has 0 fully saturated rings. The van der Waals surface area contributed by atoms with Gasteiger partial charge in [0.1, 0.15) is 0 Å². The summed E-state index contributed by atoms with van der Waals surface area (Å²) in [6.07, 6.45) is 0. The molecule has 5 heteroatoms. The predicted molar refractivity (Wildman–Crippen MR) is 89.2 cm³/mol. The van der Waals surface area contributed by atoms with E-state index in [0.29, 0.717) is 10.0 Å². The van der Waals surface area contributed by atoms with E-state index in [1.54, 1.807) is 6.07 Å². The Labute approximate surface area is 134 Å². The smallest absolute Gasteiger partial charge is 0.221 e. The standard InChI is InChI=1S/C16H16Cl2N2O/c1-10(15-7-6-12(17)8-16(15)18)19-13-4-3-5-14(9-13)20-11(2)21/h3-10,19H,1-2H3,(H,20,21). The zero-order valence-corrected chi connectivity index (χ0v) is 13.3. The minimum atomic E-state index is -0.0963. The quantitative estimate of drug-likeness (QED) is 0.819. The SMILES string of the molecule is CC(=O)Nc1cccc(NC(C)c2ccc(Cl)cc2Cl)c1. The van der Waals surface area contributed by atoms with E-state index in [9.17, 15) is 4.79 Å². The molecule has 0 bridgehead atoms. The van der Waals surface area contributed by atoms with E-state index in [1.165, 1.54) is 6.92 Å². The molecule has 1 amide bonds. The van der Waals surface area contributed by atoms with E-state index in [1.807, 2.05) is 43.3 Å². The Kier molecular flexibility index (Phi) is 5.10. The molecule has 0 spiro atoms. The second kappa shape index (κ2) is 6.83. The second-order valence-corrected chi connectivity index (χ2v) is 5.64. The van der Waals surface area contributed by atoms with Crippen molar-refractivity contribution in [2.75, 3.05) is 10.6 Å². The maximum absolute atomic E-state index is 11.1. The first-order valence-electron chi connectivity index (χ1n) is 6.55. The minimum Gasteiger partial charge on any atom is -0.378 e. The van der Waals surface area contributed by atoms with Crippen LogP contribution >= 0.6 is 23.2 Å². The van der Waals surface area contributed by atoms with Crippen LogP contribution in [0.5, 0.6) is 0 Å². The normalized spacial score (nSPS) is 11.8. The first-order chi connectivity index (χ1) is 9.95. The highest BCUT2D eigenvalue weighted by Crippen LogP contribution is 2.29. The van der Waals surface area contributed by atoms with Crippen LogP contribution in [0.2, 0.25) is 10.0 Å². The summed E-state index contributed by atoms with van der Waals surface area (Å²) in [5.74, 6) is -0.0963. The van der Waals surface area contributed by atoms with Crippen molar-refractivity contribution >= 4 is 40.5 Å². The van der Waals surface area contributed by atoms with Gasteiger partial charge < -0.3 is 10.6 Å². The lowest BCUT2D eigenvalue weighted by Crippen LogP contribution is -2.09. The predicted octanol–water partition coefficient (Wildman–Crippen LogP) is 5.12. The fourth-order valence-electron chi connectivity index (χ4n) is 2.07. The molecule has 0 saturated heterocycles. The zero-order chi connectivity index (χ0) is 15.4. The topological polar surface area (TPSA) is 41.1 Å². The summed E-state index contributed by atoms with van der Waals surface area (Å²) in [4.78, 5) is 11.1. The molecule has 2 aromatic carbocycles. The third-order valence-corrected chi connectivity index (χ3v) is 3.56. The zero-order valence-electron chi connectivity index (χ0n) is 11.8. The second-order valence-electron chi connectivity index (χ2n) is 4.79. The molecule has 1 unspecified atom stereocenters. The molecule has 0 radical (unpaired) electrons. The van der Waals surface area contributed by atoms with Crippen molar-refractivity contribution in [3.63, 3.8) is 0 Å². The van der Waals surface area contributed by atoms with Gasteiger partial charge in [-0.25, -0.2) is 0 Å². The molecular weight excluding hydrogens is 307 g/mol. The van der Waals surface area contributed by atoms with Gasteiger partial charge in [-0.2, -0.15) is 0 Å². The van der Waals surface area contributed by atoms with Crippen LogP contribution in [0, 0.1) is 0 Å². The van der Waals surface area contributed by atoms with Gasteiger partial charge in [0.05, 0.1) is 0 Å². The Hall–Kier alpha value is -1.71. The summed E-state index contributed by atoms with van der Waals surface area (Å²) in [7, 11) is 0. The number of anilines is 2. The van der Waals surface area contributed by atoms with E-state index >= 15 is 0 Å². The van der Waals surface area contributed by atoms with Crippen LogP contribution in [0.3, 0.4) is 0 Å². The minimum absolute atomic E-state index is 0.0161. The molecule has 2 N–H and O–H groups in total. The van der Waals surface area contributed by atoms with E-state index < -0.39 is 0 Å². The number of hydrogen-bond acceptors (Lipinski definition) is 2. The summed E-state index contributed by atoms with van der Waals surface area (Å²) >= 11 is 12.1. The monoisotopic (exact) mass is 322 g/mol. The van der Waals surface area contributed by atoms with Crippen molar-refractivity contribution in [1.29, 1.82) is 0 Å². The molecule has 0 saturated carbocycles. The molecule has 0 aliphatic carbocycles. The molecular formula is C16H16Cl2N2O. The van der Waals surface area contributed by atoms with E-state index in [-0.39, 0.29) is 11.9 Å². The number of halogens is 2. The lowest BCUT2D eigenvalue weighted by atomic mass is 10.1. The van der Waals surface area contributed by atoms with Crippen molar-refractivity contribution in [2.45, 2.75) is 19.9 Å². The van der Waals surface area contributed by atoms with Gasteiger partial charge >= 0.3 is 0 Å². The van der Waals surface area contributed by atoms with Crippen LogP contribution in [-0.4, -0.2) is 5.91 Å². The number of amides is 1. The number of rotatable bonds is 4. The molecule has 1 atom stereocenters. The fourth-order valence-corrected chi connectivity index (χ4v) is 2.64. The van der Waals surface area contributed by atoms with Crippen molar-refractivity contribution in [1.82, 2.24) is 0 Å².